The maximum Gasteiger partial charge on any atom is 0.112 e. The molecular weight excluding hydrogens is 274 g/mol. The van der Waals surface area contributed by atoms with Crippen LogP contribution >= 0.6 is 0 Å². The summed E-state index contributed by atoms with van der Waals surface area (Å²) in [5.74, 6) is 2.54. The summed E-state index contributed by atoms with van der Waals surface area (Å²) in [4.78, 5) is 0. The lowest BCUT2D eigenvalue weighted by atomic mass is 9.81. The summed E-state index contributed by atoms with van der Waals surface area (Å²) in [6, 6.07) is 1.34. The smallest absolute Gasteiger partial charge is 0.112 e. The zero-order chi connectivity index (χ0) is 14.8. The molecule has 22 heavy (non-hydrogen) atoms. The van der Waals surface area contributed by atoms with Gasteiger partial charge in [0, 0.05) is 25.2 Å². The zero-order valence-electron chi connectivity index (χ0n) is 13.7. The van der Waals surface area contributed by atoms with E-state index in [0.717, 1.165) is 30.8 Å². The molecule has 5 heteroatoms. The van der Waals surface area contributed by atoms with Crippen molar-refractivity contribution in [3.05, 3.63) is 0 Å². The number of hydrogen-bond acceptors (Lipinski definition) is 5. The molecule has 0 aromatic carbocycles. The first kappa shape index (κ1) is 15.3. The van der Waals surface area contributed by atoms with Crippen molar-refractivity contribution in [2.45, 2.75) is 56.9 Å². The Hall–Kier alpha value is -0.200. The van der Waals surface area contributed by atoms with Crippen LogP contribution in [0.25, 0.3) is 0 Å². The Morgan fingerprint density at radius 2 is 1.59 bits per heavy atom. The normalized spacial score (nSPS) is 46.9. The lowest BCUT2D eigenvalue weighted by Gasteiger charge is -2.35. The maximum atomic E-state index is 3.92. The third-order valence-corrected chi connectivity index (χ3v) is 6.34. The lowest BCUT2D eigenvalue weighted by Crippen LogP contribution is -2.61. The number of nitrogens with one attached hydrogen (secondary N) is 5. The molecule has 4 rings (SSSR count). The van der Waals surface area contributed by atoms with Crippen molar-refractivity contribution in [3.63, 3.8) is 0 Å². The Morgan fingerprint density at radius 1 is 0.727 bits per heavy atom. The van der Waals surface area contributed by atoms with E-state index in [1.165, 1.54) is 58.2 Å². The van der Waals surface area contributed by atoms with Gasteiger partial charge >= 0.3 is 0 Å². The molecule has 1 aliphatic carbocycles. The molecule has 4 aliphatic rings. The maximum absolute atomic E-state index is 3.92. The SMILES string of the molecule is C1CC2CNC3NCCC(CC4CNCC4NCC(C1)C2)N3. The molecular formula is C17H33N5. The van der Waals surface area contributed by atoms with Crippen molar-refractivity contribution in [1.29, 1.82) is 0 Å². The molecule has 0 aromatic heterocycles. The van der Waals surface area contributed by atoms with Crippen LogP contribution in [0, 0.1) is 17.8 Å². The van der Waals surface area contributed by atoms with Gasteiger partial charge in [-0.3, -0.25) is 16.0 Å². The van der Waals surface area contributed by atoms with E-state index in [0.29, 0.717) is 18.4 Å². The Bertz CT molecular complexity index is 363. The predicted molar refractivity (Wildman–Crippen MR) is 89.5 cm³/mol. The summed E-state index contributed by atoms with van der Waals surface area (Å²) in [6.45, 7) is 5.89. The molecule has 0 radical (unpaired) electrons. The Labute approximate surface area is 134 Å². The molecule has 1 saturated carbocycles. The van der Waals surface area contributed by atoms with Gasteiger partial charge in [-0.25, -0.2) is 0 Å². The quantitative estimate of drug-likeness (QED) is 0.443. The topological polar surface area (TPSA) is 60.1 Å². The van der Waals surface area contributed by atoms with Crippen LogP contribution in [0.5, 0.6) is 0 Å². The molecule has 6 atom stereocenters. The van der Waals surface area contributed by atoms with Crippen molar-refractivity contribution >= 4 is 0 Å². The number of rotatable bonds is 0. The molecule has 4 fully saturated rings. The van der Waals surface area contributed by atoms with Crippen LogP contribution in [0.2, 0.25) is 0 Å². The average Bonchev–Trinajstić information content (AvgIpc) is 2.98. The highest BCUT2D eigenvalue weighted by Gasteiger charge is 2.32. The van der Waals surface area contributed by atoms with Crippen LogP contribution in [0.4, 0.5) is 0 Å². The summed E-state index contributed by atoms with van der Waals surface area (Å²) in [7, 11) is 0. The minimum Gasteiger partial charge on any atom is -0.315 e. The van der Waals surface area contributed by atoms with Crippen molar-refractivity contribution in [3.8, 4) is 0 Å². The van der Waals surface area contributed by atoms with E-state index in [1.807, 2.05) is 0 Å². The monoisotopic (exact) mass is 307 g/mol. The first-order valence-electron chi connectivity index (χ1n) is 9.54. The molecule has 5 N–H and O–H groups in total. The standard InChI is InChI=1S/C17H33N5/c1-2-12-6-13(3-1)9-21-17-19-5-4-15(22-17)7-14-10-18-11-16(14)20-8-12/h12-22H,1-11H2. The first-order valence-corrected chi connectivity index (χ1v) is 9.54. The lowest BCUT2D eigenvalue weighted by molar-refractivity contribution is 0.210. The van der Waals surface area contributed by atoms with Gasteiger partial charge in [-0.1, -0.05) is 6.42 Å². The van der Waals surface area contributed by atoms with Gasteiger partial charge in [0.2, 0.25) is 0 Å². The van der Waals surface area contributed by atoms with E-state index in [-0.39, 0.29) is 0 Å². The van der Waals surface area contributed by atoms with Crippen molar-refractivity contribution in [2.75, 3.05) is 32.7 Å². The van der Waals surface area contributed by atoms with Gasteiger partial charge in [-0.05, 0) is 69.5 Å². The summed E-state index contributed by atoms with van der Waals surface area (Å²) in [5, 5.41) is 18.7. The van der Waals surface area contributed by atoms with Crippen molar-refractivity contribution < 1.29 is 0 Å². The fraction of sp³-hybridized carbons (Fsp3) is 1.00. The van der Waals surface area contributed by atoms with Gasteiger partial charge < -0.3 is 10.6 Å². The van der Waals surface area contributed by atoms with Gasteiger partial charge in [-0.2, -0.15) is 0 Å². The molecule has 5 nitrogen and oxygen atoms in total. The number of hydrogen-bond donors (Lipinski definition) is 5. The Kier molecular flexibility index (Phi) is 4.98. The molecule has 3 heterocycles. The minimum absolute atomic E-state index is 0.320. The van der Waals surface area contributed by atoms with Crippen LogP contribution in [-0.2, 0) is 0 Å². The highest BCUT2D eigenvalue weighted by molar-refractivity contribution is 4.92. The van der Waals surface area contributed by atoms with Crippen LogP contribution in [-0.4, -0.2) is 51.1 Å². The molecule has 0 aromatic rings. The average molecular weight is 307 g/mol. The van der Waals surface area contributed by atoms with Crippen LogP contribution in [0.3, 0.4) is 0 Å². The first-order chi connectivity index (χ1) is 10.9. The van der Waals surface area contributed by atoms with Crippen LogP contribution in [0.1, 0.15) is 38.5 Å². The van der Waals surface area contributed by atoms with E-state index in [2.05, 4.69) is 26.6 Å². The fourth-order valence-electron chi connectivity index (χ4n) is 5.06. The fourth-order valence-corrected chi connectivity index (χ4v) is 5.06. The zero-order valence-corrected chi connectivity index (χ0v) is 13.7. The van der Waals surface area contributed by atoms with Crippen molar-refractivity contribution in [2.24, 2.45) is 17.8 Å². The van der Waals surface area contributed by atoms with E-state index in [4.69, 9.17) is 0 Å². The summed E-state index contributed by atoms with van der Waals surface area (Å²) < 4.78 is 0. The predicted octanol–water partition coefficient (Wildman–Crippen LogP) is 0.199. The molecule has 6 unspecified atom stereocenters. The number of fused-ring (bicyclic) bond motifs is 5. The van der Waals surface area contributed by atoms with Gasteiger partial charge in [-0.15, -0.1) is 0 Å². The van der Waals surface area contributed by atoms with Crippen LogP contribution < -0.4 is 26.6 Å². The molecule has 0 spiro atoms. The summed E-state index contributed by atoms with van der Waals surface area (Å²) in [5.41, 5.74) is 0. The summed E-state index contributed by atoms with van der Waals surface area (Å²) in [6.07, 6.45) is 8.54. The molecule has 0 amide bonds. The van der Waals surface area contributed by atoms with E-state index >= 15 is 0 Å². The molecule has 3 aliphatic heterocycles. The van der Waals surface area contributed by atoms with E-state index in [9.17, 15) is 0 Å². The van der Waals surface area contributed by atoms with E-state index < -0.39 is 0 Å². The van der Waals surface area contributed by atoms with Gasteiger partial charge in [0.25, 0.3) is 0 Å². The third-order valence-electron chi connectivity index (χ3n) is 6.34. The largest absolute Gasteiger partial charge is 0.315 e. The van der Waals surface area contributed by atoms with Crippen molar-refractivity contribution in [1.82, 2.24) is 26.6 Å². The Balaban J connectivity index is 1.45. The minimum atomic E-state index is 0.320. The second-order valence-electron chi connectivity index (χ2n) is 8.02. The highest BCUT2D eigenvalue weighted by Crippen LogP contribution is 2.29. The second kappa shape index (κ2) is 7.14. The second-order valence-corrected chi connectivity index (χ2v) is 8.02. The molecule has 126 valence electrons. The molecule has 4 bridgehead atoms. The van der Waals surface area contributed by atoms with Gasteiger partial charge in [0.1, 0.15) is 6.29 Å². The third kappa shape index (κ3) is 3.65. The molecule has 3 saturated heterocycles. The van der Waals surface area contributed by atoms with Gasteiger partial charge in [0.05, 0.1) is 0 Å². The van der Waals surface area contributed by atoms with Crippen LogP contribution in [0.15, 0.2) is 0 Å². The van der Waals surface area contributed by atoms with E-state index in [1.54, 1.807) is 0 Å². The Morgan fingerprint density at radius 3 is 2.50 bits per heavy atom. The summed E-state index contributed by atoms with van der Waals surface area (Å²) >= 11 is 0. The highest BCUT2D eigenvalue weighted by atomic mass is 15.3. The van der Waals surface area contributed by atoms with Gasteiger partial charge in [0.15, 0.2) is 0 Å².